The molecule has 1 aliphatic rings. The maximum atomic E-state index is 11.9. The Kier molecular flexibility index (Phi) is 3.84. The van der Waals surface area contributed by atoms with Crippen molar-refractivity contribution in [1.82, 2.24) is 10.4 Å². The fourth-order valence-electron chi connectivity index (χ4n) is 3.33. The second-order valence-electron chi connectivity index (χ2n) is 6.34. The second kappa shape index (κ2) is 6.16. The zero-order valence-electron chi connectivity index (χ0n) is 14.2. The Morgan fingerprint density at radius 3 is 2.68 bits per heavy atom. The van der Waals surface area contributed by atoms with Gasteiger partial charge in [0.2, 0.25) is 11.8 Å². The molecular weight excluding hydrogens is 314 g/mol. The molecule has 2 atom stereocenters. The van der Waals surface area contributed by atoms with E-state index in [4.69, 9.17) is 4.42 Å². The molecule has 2 heterocycles. The number of aromatic nitrogens is 1. The molecule has 1 amide bonds. The Hall–Kier alpha value is -2.95. The van der Waals surface area contributed by atoms with Crippen molar-refractivity contribution < 1.29 is 9.21 Å². The van der Waals surface area contributed by atoms with Gasteiger partial charge in [0.15, 0.2) is 5.58 Å². The number of hydrazone groups is 1. The van der Waals surface area contributed by atoms with Gasteiger partial charge in [-0.1, -0.05) is 38.1 Å². The van der Waals surface area contributed by atoms with Crippen molar-refractivity contribution in [2.24, 2.45) is 16.9 Å². The lowest BCUT2D eigenvalue weighted by Crippen LogP contribution is -2.40. The summed E-state index contributed by atoms with van der Waals surface area (Å²) in [4.78, 5) is 16.4. The molecular formula is C20H19N3O2. The van der Waals surface area contributed by atoms with Crippen LogP contribution in [-0.2, 0) is 4.79 Å². The van der Waals surface area contributed by atoms with Gasteiger partial charge in [-0.15, -0.1) is 0 Å². The van der Waals surface area contributed by atoms with Gasteiger partial charge in [0.25, 0.3) is 0 Å². The molecule has 0 fully saturated rings. The summed E-state index contributed by atoms with van der Waals surface area (Å²) in [5.41, 5.74) is 6.96. The molecule has 2 aromatic carbocycles. The Balaban J connectivity index is 1.75. The lowest BCUT2D eigenvalue weighted by molar-refractivity contribution is -0.125. The number of fused-ring (bicyclic) bond motifs is 1. The van der Waals surface area contributed by atoms with Crippen molar-refractivity contribution in [1.29, 1.82) is 0 Å². The molecule has 0 spiro atoms. The summed E-state index contributed by atoms with van der Waals surface area (Å²) in [7, 11) is 0. The van der Waals surface area contributed by atoms with Gasteiger partial charge in [0.1, 0.15) is 5.52 Å². The van der Waals surface area contributed by atoms with E-state index in [9.17, 15) is 4.79 Å². The summed E-state index contributed by atoms with van der Waals surface area (Å²) in [6, 6.07) is 15.7. The van der Waals surface area contributed by atoms with E-state index in [0.29, 0.717) is 5.89 Å². The van der Waals surface area contributed by atoms with Gasteiger partial charge in [-0.05, 0) is 30.7 Å². The second-order valence-corrected chi connectivity index (χ2v) is 6.34. The van der Waals surface area contributed by atoms with Gasteiger partial charge < -0.3 is 4.42 Å². The molecule has 25 heavy (non-hydrogen) atoms. The Morgan fingerprint density at radius 1 is 1.12 bits per heavy atom. The fraction of sp³-hybridized carbons (Fsp3) is 0.250. The summed E-state index contributed by atoms with van der Waals surface area (Å²) in [6.07, 6.45) is 0.858. The molecule has 126 valence electrons. The molecule has 1 aliphatic heterocycles. The fourth-order valence-corrected chi connectivity index (χ4v) is 3.33. The molecule has 0 bridgehead atoms. The first-order valence-corrected chi connectivity index (χ1v) is 8.51. The van der Waals surface area contributed by atoms with Gasteiger partial charge >= 0.3 is 0 Å². The summed E-state index contributed by atoms with van der Waals surface area (Å²) in [5, 5.41) is 4.31. The Morgan fingerprint density at radius 2 is 1.92 bits per heavy atom. The molecule has 4 rings (SSSR count). The number of carbonyl (C=O) groups excluding carboxylic acids is 1. The van der Waals surface area contributed by atoms with E-state index in [0.717, 1.165) is 34.4 Å². The van der Waals surface area contributed by atoms with Crippen molar-refractivity contribution in [3.8, 4) is 11.5 Å². The molecule has 3 aromatic rings. The number of carbonyl (C=O) groups is 1. The van der Waals surface area contributed by atoms with Gasteiger partial charge in [-0.3, -0.25) is 4.79 Å². The molecule has 1 aromatic heterocycles. The normalized spacial score (nSPS) is 20.4. The zero-order valence-corrected chi connectivity index (χ0v) is 14.2. The molecule has 2 unspecified atom stereocenters. The lowest BCUT2D eigenvalue weighted by Gasteiger charge is -2.27. The topological polar surface area (TPSA) is 67.5 Å². The number of amides is 1. The minimum Gasteiger partial charge on any atom is -0.436 e. The van der Waals surface area contributed by atoms with Crippen molar-refractivity contribution >= 4 is 22.7 Å². The quantitative estimate of drug-likeness (QED) is 0.788. The summed E-state index contributed by atoms with van der Waals surface area (Å²) in [5.74, 6) is 0.584. The molecule has 0 aliphatic carbocycles. The van der Waals surface area contributed by atoms with E-state index >= 15 is 0 Å². The third-order valence-corrected chi connectivity index (χ3v) is 4.80. The van der Waals surface area contributed by atoms with E-state index in [1.165, 1.54) is 0 Å². The molecule has 0 radical (unpaired) electrons. The van der Waals surface area contributed by atoms with E-state index in [-0.39, 0.29) is 17.7 Å². The molecule has 5 nitrogen and oxygen atoms in total. The van der Waals surface area contributed by atoms with Crippen LogP contribution in [0, 0.1) is 11.8 Å². The van der Waals surface area contributed by atoms with Crippen LogP contribution in [0.5, 0.6) is 0 Å². The lowest BCUT2D eigenvalue weighted by atomic mass is 9.83. The van der Waals surface area contributed by atoms with Gasteiger partial charge in [-0.25, -0.2) is 10.4 Å². The van der Waals surface area contributed by atoms with Crippen LogP contribution in [0.1, 0.15) is 25.8 Å². The van der Waals surface area contributed by atoms with Crippen LogP contribution in [-0.4, -0.2) is 16.6 Å². The Labute approximate surface area is 145 Å². The van der Waals surface area contributed by atoms with Crippen LogP contribution >= 0.6 is 0 Å². The highest BCUT2D eigenvalue weighted by Crippen LogP contribution is 2.29. The first-order valence-electron chi connectivity index (χ1n) is 8.51. The minimum atomic E-state index is -0.0946. The summed E-state index contributed by atoms with van der Waals surface area (Å²) in [6.45, 7) is 4.02. The first kappa shape index (κ1) is 15.6. The predicted molar refractivity (Wildman–Crippen MR) is 97.1 cm³/mol. The maximum absolute atomic E-state index is 11.9. The predicted octanol–water partition coefficient (Wildman–Crippen LogP) is 3.99. The zero-order chi connectivity index (χ0) is 17.4. The average Bonchev–Trinajstić information content (AvgIpc) is 3.08. The monoisotopic (exact) mass is 333 g/mol. The molecule has 1 N–H and O–H groups in total. The van der Waals surface area contributed by atoms with Crippen LogP contribution in [0.2, 0.25) is 0 Å². The third-order valence-electron chi connectivity index (χ3n) is 4.80. The number of nitrogens with zero attached hydrogens (tertiary/aromatic N) is 2. The highest BCUT2D eigenvalue weighted by molar-refractivity contribution is 6.07. The number of oxazole rings is 1. The van der Waals surface area contributed by atoms with Gasteiger partial charge in [-0.2, -0.15) is 5.10 Å². The Bertz CT molecular complexity index is 959. The first-order chi connectivity index (χ1) is 12.2. The van der Waals surface area contributed by atoms with Crippen molar-refractivity contribution in [3.63, 3.8) is 0 Å². The number of hydrogen-bond acceptors (Lipinski definition) is 4. The van der Waals surface area contributed by atoms with Crippen molar-refractivity contribution in [3.05, 3.63) is 54.1 Å². The van der Waals surface area contributed by atoms with Crippen LogP contribution in [0.15, 0.2) is 58.0 Å². The highest BCUT2D eigenvalue weighted by Gasteiger charge is 2.31. The van der Waals surface area contributed by atoms with E-state index in [1.807, 2.05) is 55.5 Å². The number of hydrogen-bond donors (Lipinski definition) is 1. The van der Waals surface area contributed by atoms with E-state index in [2.05, 4.69) is 22.4 Å². The van der Waals surface area contributed by atoms with E-state index < -0.39 is 0 Å². The van der Waals surface area contributed by atoms with Gasteiger partial charge in [0, 0.05) is 23.0 Å². The highest BCUT2D eigenvalue weighted by atomic mass is 16.3. The number of nitrogens with one attached hydrogen (secondary N) is 1. The van der Waals surface area contributed by atoms with Crippen molar-refractivity contribution in [2.45, 2.75) is 20.3 Å². The van der Waals surface area contributed by atoms with E-state index in [1.54, 1.807) is 0 Å². The summed E-state index contributed by atoms with van der Waals surface area (Å²) >= 11 is 0. The third kappa shape index (κ3) is 2.71. The summed E-state index contributed by atoms with van der Waals surface area (Å²) < 4.78 is 5.95. The number of rotatable bonds is 3. The smallest absolute Gasteiger partial charge is 0.243 e. The average molecular weight is 333 g/mol. The SMILES string of the molecule is CCC1C(c2ccc3nc(-c4ccccc4)oc3c2)=NNC(=O)C1C. The molecule has 0 saturated carbocycles. The standard InChI is InChI=1S/C20H19N3O2/c1-3-15-12(2)19(24)23-22-18(15)14-9-10-16-17(11-14)25-20(21-16)13-7-5-4-6-8-13/h4-12,15H,3H2,1-2H3,(H,23,24). The van der Waals surface area contributed by atoms with Crippen LogP contribution in [0.25, 0.3) is 22.6 Å². The maximum Gasteiger partial charge on any atom is 0.243 e. The largest absolute Gasteiger partial charge is 0.436 e. The minimum absolute atomic E-state index is 0.0253. The molecule has 5 heteroatoms. The molecule has 0 saturated heterocycles. The van der Waals surface area contributed by atoms with Crippen LogP contribution in [0.3, 0.4) is 0 Å². The van der Waals surface area contributed by atoms with Crippen LogP contribution in [0.4, 0.5) is 0 Å². The van der Waals surface area contributed by atoms with Crippen molar-refractivity contribution in [2.75, 3.05) is 0 Å². The van der Waals surface area contributed by atoms with Gasteiger partial charge in [0.05, 0.1) is 5.71 Å². The van der Waals surface area contributed by atoms with Crippen LogP contribution < -0.4 is 5.43 Å². The number of benzene rings is 2.